The van der Waals surface area contributed by atoms with Crippen LogP contribution in [0.3, 0.4) is 0 Å². The topological polar surface area (TPSA) is 123 Å². The van der Waals surface area contributed by atoms with Crippen molar-refractivity contribution >= 4 is 72.8 Å². The number of anilines is 2. The molecule has 2 aromatic heterocycles. The molecule has 2 unspecified atom stereocenters. The number of fused-ring (bicyclic) bond motifs is 8. The third-order valence-corrected chi connectivity index (χ3v) is 10.7. The number of rotatable bonds is 8. The van der Waals surface area contributed by atoms with E-state index in [0.717, 1.165) is 6.07 Å². The number of nitrogens with zero attached hydrogens (tertiary/aromatic N) is 1. The first-order valence-electron chi connectivity index (χ1n) is 35.1. The zero-order valence-corrected chi connectivity index (χ0v) is 32.5. The molecule has 0 amide bonds. The summed E-state index contributed by atoms with van der Waals surface area (Å²) in [7, 11) is 0. The van der Waals surface area contributed by atoms with Gasteiger partial charge >= 0.3 is 11.9 Å². The number of benzene rings is 8. The van der Waals surface area contributed by atoms with Gasteiger partial charge in [0.25, 0.3) is 0 Å². The Labute approximate surface area is 422 Å². The third-order valence-electron chi connectivity index (χ3n) is 10.7. The predicted octanol–water partition coefficient (Wildman–Crippen LogP) is 14.0. The zero-order chi connectivity index (χ0) is 72.4. The van der Waals surface area contributed by atoms with Crippen molar-refractivity contribution in [2.45, 2.75) is 18.2 Å². The van der Waals surface area contributed by atoms with E-state index in [0.29, 0.717) is 4.90 Å². The molecule has 318 valence electrons. The highest BCUT2D eigenvalue weighted by Gasteiger charge is 2.60. The molecule has 2 N–H and O–H groups in total. The molecular weight excluding hydrogens is 827 g/mol. The Hall–Kier alpha value is -8.50. The van der Waals surface area contributed by atoms with Crippen LogP contribution in [0, 0.1) is 0 Å². The lowest BCUT2D eigenvalue weighted by Gasteiger charge is -2.32. The van der Waals surface area contributed by atoms with Crippen LogP contribution in [0.5, 0.6) is 0 Å². The maximum Gasteiger partial charge on any atom is 0.368 e. The monoisotopic (exact) mass is 895 g/mol. The summed E-state index contributed by atoms with van der Waals surface area (Å²) in [5.74, 6) is -4.61. The third kappa shape index (κ3) is 5.88. The minimum Gasteiger partial charge on any atom is -0.456 e. The molecular formula is C57H37NO8. The summed E-state index contributed by atoms with van der Waals surface area (Å²) in [5.41, 5.74) is -20.2. The molecule has 0 radical (unpaired) electrons. The van der Waals surface area contributed by atoms with E-state index in [4.69, 9.17) is 33.5 Å². The summed E-state index contributed by atoms with van der Waals surface area (Å²) in [6.07, 6.45) is -5.16. The van der Waals surface area contributed by atoms with Crippen molar-refractivity contribution in [2.24, 2.45) is 0 Å². The molecule has 66 heavy (non-hydrogen) atoms. The van der Waals surface area contributed by atoms with Crippen LogP contribution in [0.15, 0.2) is 207 Å². The highest BCUT2D eigenvalue weighted by molar-refractivity contribution is 6.24. The Balaban J connectivity index is 1.29. The van der Waals surface area contributed by atoms with Gasteiger partial charge in [-0.1, -0.05) is 139 Å². The highest BCUT2D eigenvalue weighted by atomic mass is 17.1. The normalized spacial score (nSPS) is 23.2. The Morgan fingerprint density at radius 3 is 1.85 bits per heavy atom. The summed E-state index contributed by atoms with van der Waals surface area (Å²) in [5, 5.41) is 17.9. The molecule has 0 fully saturated rings. The quantitative estimate of drug-likeness (QED) is 0.0872. The highest BCUT2D eigenvalue weighted by Crippen LogP contribution is 2.54. The number of hydrogen-bond donors (Lipinski definition) is 2. The molecule has 0 saturated carbocycles. The Morgan fingerprint density at radius 1 is 0.576 bits per heavy atom. The average molecular weight is 896 g/mol. The molecule has 2 atom stereocenters. The number of furan rings is 2. The second-order valence-electron chi connectivity index (χ2n) is 14.0. The number of para-hydroxylation sites is 1. The smallest absolute Gasteiger partial charge is 0.368 e. The summed E-state index contributed by atoms with van der Waals surface area (Å²) < 4.78 is 303. The SMILES string of the molecule is [2H]C1=C(N(c2cc3c(oc4c(-c5c([2H])c([2H])c(-c6c([2H])c([2H])c([2H])c([2H])c6[2H])c([2H])c5[2H])c5c(oc6c([2H])c([2H])c([2H])c([2H])c65)c([2H])c43)c([2H])c2[2H])c2c([2H])c([2H])c(-c3c([2H])c([2H])c([2H])c([2H])c3[2H])c([2H])c2[2H])C([2H])C([2H])C2=C1C(C(=O)OO)(C(=O)OO)c1c([2H])c([2H])c([2H])c([2H])c12. The van der Waals surface area contributed by atoms with Gasteiger partial charge in [-0.05, 0) is 111 Å². The van der Waals surface area contributed by atoms with E-state index >= 15 is 0 Å². The van der Waals surface area contributed by atoms with E-state index in [9.17, 15) is 39.3 Å². The van der Waals surface area contributed by atoms with Gasteiger partial charge in [-0.25, -0.2) is 9.59 Å². The van der Waals surface area contributed by atoms with E-state index in [-0.39, 0.29) is 0 Å². The van der Waals surface area contributed by atoms with Crippen LogP contribution >= 0.6 is 0 Å². The van der Waals surface area contributed by atoms with Crippen molar-refractivity contribution in [3.8, 4) is 33.4 Å². The molecule has 2 aliphatic rings. The Bertz CT molecular complexity index is 5410. The Morgan fingerprint density at radius 2 is 1.15 bits per heavy atom. The lowest BCUT2D eigenvalue weighted by atomic mass is 9.75. The summed E-state index contributed by atoms with van der Waals surface area (Å²) in [4.78, 5) is 37.2. The lowest BCUT2D eigenvalue weighted by molar-refractivity contribution is -0.255. The zero-order valence-electron chi connectivity index (χ0n) is 64.5. The molecule has 0 bridgehead atoms. The molecule has 10 aromatic rings. The van der Waals surface area contributed by atoms with Crippen LogP contribution in [0.25, 0.3) is 82.8 Å². The van der Waals surface area contributed by atoms with E-state index in [1.165, 1.54) is 0 Å². The standard InChI is InChI=1S/C57H37NO8/c59-55(65-61)57(56(60)66-62)47-17-9-7-15-42(47)43-29-27-41(32-48(43)57)58(39-25-23-37(24-26-39)35-13-5-2-6-14-35)40-28-30-50-45(31-40)46-33-51-53(44-16-8-10-18-49(44)63-51)52(54(46)64-50)38-21-19-36(20-22-38)34-11-3-1-4-12-34/h1-26,28,30-33,61-62H,27,29H2/i1D,2D,3D,4D,5D,6D,7D,8D,9D,10D,11D,12D,13D,14D,15D,16D,17D,18D,19D,20D,21D,22D,23D,24D,25D,26D,27D,28D,29D,30D,32D,33D. The molecule has 0 saturated heterocycles. The van der Waals surface area contributed by atoms with Crippen molar-refractivity contribution in [2.75, 3.05) is 4.90 Å². The molecule has 0 spiro atoms. The maximum absolute atomic E-state index is 14.4. The van der Waals surface area contributed by atoms with Gasteiger partial charge in [-0.15, -0.1) is 0 Å². The minimum absolute atomic E-state index is 0.322. The number of carbonyl (C=O) groups excluding carboxylic acids is 2. The average Bonchev–Trinajstić information content (AvgIpc) is 1.50. The van der Waals surface area contributed by atoms with Crippen LogP contribution in [0.2, 0.25) is 0 Å². The van der Waals surface area contributed by atoms with E-state index in [2.05, 4.69) is 9.78 Å². The molecule has 8 aromatic carbocycles. The summed E-state index contributed by atoms with van der Waals surface area (Å²) >= 11 is 0. The molecule has 12 rings (SSSR count). The number of carbonyl (C=O) groups is 2. The predicted molar refractivity (Wildman–Crippen MR) is 256 cm³/mol. The van der Waals surface area contributed by atoms with E-state index in [1.54, 1.807) is 0 Å². The number of hydrogen-bond acceptors (Lipinski definition) is 9. The van der Waals surface area contributed by atoms with E-state index in [1.807, 2.05) is 0 Å². The molecule has 9 nitrogen and oxygen atoms in total. The molecule has 2 heterocycles. The molecule has 9 heteroatoms. The minimum atomic E-state index is -3.85. The fourth-order valence-electron chi connectivity index (χ4n) is 7.89. The van der Waals surface area contributed by atoms with Gasteiger partial charge < -0.3 is 13.7 Å². The molecule has 0 aliphatic heterocycles. The van der Waals surface area contributed by atoms with Crippen LogP contribution < -0.4 is 4.90 Å². The van der Waals surface area contributed by atoms with Crippen molar-refractivity contribution < 1.29 is 82.6 Å². The fraction of sp³-hybridized carbons (Fsp3) is 0.0526. The lowest BCUT2D eigenvalue weighted by Crippen LogP contribution is -2.46. The maximum atomic E-state index is 14.4. The van der Waals surface area contributed by atoms with Gasteiger partial charge in [0, 0.05) is 46.9 Å². The Kier molecular flexibility index (Phi) is 4.22. The largest absolute Gasteiger partial charge is 0.456 e. The fourth-order valence-corrected chi connectivity index (χ4v) is 7.89. The van der Waals surface area contributed by atoms with Crippen LogP contribution in [-0.2, 0) is 24.8 Å². The van der Waals surface area contributed by atoms with E-state index < -0.39 is 328 Å². The van der Waals surface area contributed by atoms with Gasteiger partial charge in [0.15, 0.2) is 0 Å². The van der Waals surface area contributed by atoms with Crippen molar-refractivity contribution in [3.63, 3.8) is 0 Å². The van der Waals surface area contributed by atoms with Crippen molar-refractivity contribution in [1.29, 1.82) is 0 Å². The van der Waals surface area contributed by atoms with Crippen molar-refractivity contribution in [1.82, 2.24) is 0 Å². The van der Waals surface area contributed by atoms with Gasteiger partial charge in [0.1, 0.15) is 22.3 Å². The second-order valence-corrected chi connectivity index (χ2v) is 14.0. The van der Waals surface area contributed by atoms with Crippen LogP contribution in [0.4, 0.5) is 11.4 Å². The number of allylic oxidation sites excluding steroid dienone is 3. The first-order valence-corrected chi connectivity index (χ1v) is 18.9. The first kappa shape index (κ1) is 18.2. The van der Waals surface area contributed by atoms with Crippen LogP contribution in [0.1, 0.15) is 67.8 Å². The summed E-state index contributed by atoms with van der Waals surface area (Å²) in [6.45, 7) is 0. The van der Waals surface area contributed by atoms with Gasteiger partial charge in [0.2, 0.25) is 5.41 Å². The second kappa shape index (κ2) is 15.3. The van der Waals surface area contributed by atoms with Gasteiger partial charge in [0.05, 0.1) is 41.1 Å². The van der Waals surface area contributed by atoms with Crippen molar-refractivity contribution in [3.05, 3.63) is 210 Å². The first-order chi connectivity index (χ1) is 45.8. The van der Waals surface area contributed by atoms with Gasteiger partial charge in [-0.2, -0.15) is 10.5 Å². The molecule has 2 aliphatic carbocycles. The van der Waals surface area contributed by atoms with Crippen LogP contribution in [-0.4, -0.2) is 22.5 Å². The van der Waals surface area contributed by atoms with Gasteiger partial charge in [-0.3, -0.25) is 9.78 Å². The summed E-state index contributed by atoms with van der Waals surface area (Å²) in [6, 6.07) is -32.1.